The van der Waals surface area contributed by atoms with E-state index in [2.05, 4.69) is 248 Å². The summed E-state index contributed by atoms with van der Waals surface area (Å²) < 4.78 is 12.5. The molecule has 0 atom stereocenters. The lowest BCUT2D eigenvalue weighted by Gasteiger charge is -2.19. The number of fused-ring (bicyclic) bond motifs is 7. The van der Waals surface area contributed by atoms with Gasteiger partial charge in [0.15, 0.2) is 0 Å². The highest BCUT2D eigenvalue weighted by atomic mass is 16.7. The molecule has 2 nitrogen and oxygen atoms in total. The summed E-state index contributed by atoms with van der Waals surface area (Å²) in [5.41, 5.74) is 19.6. The molecule has 67 heavy (non-hydrogen) atoms. The van der Waals surface area contributed by atoms with Gasteiger partial charge in [-0.2, -0.15) is 0 Å². The van der Waals surface area contributed by atoms with Gasteiger partial charge in [-0.1, -0.05) is 224 Å². The van der Waals surface area contributed by atoms with Crippen LogP contribution in [0.3, 0.4) is 0 Å². The quantitative estimate of drug-likeness (QED) is 0.166. The van der Waals surface area contributed by atoms with Crippen LogP contribution in [0.1, 0.15) is 52.7 Å². The first-order valence-corrected chi connectivity index (χ1v) is 23.5. The van der Waals surface area contributed by atoms with E-state index in [1.165, 1.54) is 77.9 Å². The molecule has 0 fully saturated rings. The van der Waals surface area contributed by atoms with Crippen molar-refractivity contribution in [2.75, 3.05) is 6.79 Å². The Balaban J connectivity index is 0.842. The topological polar surface area (TPSA) is 18.5 Å². The molecule has 0 bridgehead atoms. The SMILES string of the molecule is CC(C)(C)c1ccc(-c2ccc(-c3ccc(-c4ccc5c6c(ccc5c4)OCOc4ccc5cc(-c7ccc(-c8ccc(-c9ccc(C(C)(C)C)cc9)cc8)cc7)ccc5c4-6)cc3)cc2)cc1. The second-order valence-electron chi connectivity index (χ2n) is 20.1. The monoisotopic (exact) mass is 866 g/mol. The molecule has 0 radical (unpaired) electrons. The van der Waals surface area contributed by atoms with E-state index in [4.69, 9.17) is 9.47 Å². The van der Waals surface area contributed by atoms with Crippen molar-refractivity contribution in [3.8, 4) is 89.4 Å². The Labute approximate surface area is 395 Å². The largest absolute Gasteiger partial charge is 0.457 e. The fraction of sp³-hybridized carbons (Fsp3) is 0.138. The first-order valence-electron chi connectivity index (χ1n) is 23.5. The van der Waals surface area contributed by atoms with E-state index < -0.39 is 0 Å². The van der Waals surface area contributed by atoms with Gasteiger partial charge in [0.2, 0.25) is 6.79 Å². The number of hydrogen-bond donors (Lipinski definition) is 0. The minimum atomic E-state index is 0.144. The maximum atomic E-state index is 6.27. The molecule has 0 amide bonds. The Morgan fingerprint density at radius 3 is 0.776 bits per heavy atom. The predicted molar refractivity (Wildman–Crippen MR) is 283 cm³/mol. The van der Waals surface area contributed by atoms with Crippen molar-refractivity contribution >= 4 is 21.5 Å². The second kappa shape index (κ2) is 16.6. The Morgan fingerprint density at radius 2 is 0.507 bits per heavy atom. The van der Waals surface area contributed by atoms with Gasteiger partial charge in [0.25, 0.3) is 0 Å². The average Bonchev–Trinajstić information content (AvgIpc) is 3.56. The molecule has 2 heteroatoms. The van der Waals surface area contributed by atoms with Crippen molar-refractivity contribution in [3.63, 3.8) is 0 Å². The first kappa shape index (κ1) is 42.0. The van der Waals surface area contributed by atoms with Gasteiger partial charge < -0.3 is 9.47 Å². The van der Waals surface area contributed by atoms with Crippen LogP contribution in [0.5, 0.6) is 11.5 Å². The number of rotatable bonds is 6. The molecule has 1 aliphatic rings. The van der Waals surface area contributed by atoms with Gasteiger partial charge in [0.1, 0.15) is 11.5 Å². The van der Waals surface area contributed by atoms with Gasteiger partial charge >= 0.3 is 0 Å². The minimum absolute atomic E-state index is 0.144. The van der Waals surface area contributed by atoms with Crippen LogP contribution in [0.4, 0.5) is 0 Å². The van der Waals surface area contributed by atoms with Crippen LogP contribution in [-0.4, -0.2) is 6.79 Å². The summed E-state index contributed by atoms with van der Waals surface area (Å²) in [5.74, 6) is 1.66. The van der Waals surface area contributed by atoms with Crippen molar-refractivity contribution in [2.24, 2.45) is 0 Å². The summed E-state index contributed by atoms with van der Waals surface area (Å²) in [5, 5.41) is 4.58. The van der Waals surface area contributed by atoms with E-state index in [9.17, 15) is 0 Å². The van der Waals surface area contributed by atoms with Gasteiger partial charge in [-0.15, -0.1) is 0 Å². The molecule has 10 aromatic rings. The molecule has 11 rings (SSSR count). The van der Waals surface area contributed by atoms with Gasteiger partial charge in [0, 0.05) is 11.1 Å². The lowest BCUT2D eigenvalue weighted by molar-refractivity contribution is 0.125. The third-order valence-electron chi connectivity index (χ3n) is 13.7. The molecular formula is C65H54O2. The molecule has 0 spiro atoms. The summed E-state index contributed by atoms with van der Waals surface area (Å²) in [6.07, 6.45) is 0. The summed E-state index contributed by atoms with van der Waals surface area (Å²) >= 11 is 0. The van der Waals surface area contributed by atoms with Crippen LogP contribution in [-0.2, 0) is 10.8 Å². The molecule has 10 aromatic carbocycles. The van der Waals surface area contributed by atoms with Crippen LogP contribution < -0.4 is 9.47 Å². The zero-order valence-electron chi connectivity index (χ0n) is 39.2. The van der Waals surface area contributed by atoms with Crippen LogP contribution in [0.25, 0.3) is 99.4 Å². The van der Waals surface area contributed by atoms with Crippen molar-refractivity contribution in [1.82, 2.24) is 0 Å². The summed E-state index contributed by atoms with van der Waals surface area (Å²) in [6.45, 7) is 13.7. The molecule has 0 saturated carbocycles. The van der Waals surface area contributed by atoms with E-state index in [0.717, 1.165) is 44.2 Å². The third kappa shape index (κ3) is 8.19. The van der Waals surface area contributed by atoms with Gasteiger partial charge in [-0.05, 0) is 135 Å². The third-order valence-corrected chi connectivity index (χ3v) is 13.7. The highest BCUT2D eigenvalue weighted by molar-refractivity contribution is 6.11. The lowest BCUT2D eigenvalue weighted by atomic mass is 9.86. The summed E-state index contributed by atoms with van der Waals surface area (Å²) in [4.78, 5) is 0. The zero-order chi connectivity index (χ0) is 45.9. The zero-order valence-corrected chi connectivity index (χ0v) is 39.2. The van der Waals surface area contributed by atoms with Gasteiger partial charge in [0.05, 0.1) is 0 Å². The van der Waals surface area contributed by atoms with Crippen LogP contribution in [0.15, 0.2) is 206 Å². The Bertz CT molecular complexity index is 3180. The molecule has 0 aliphatic carbocycles. The first-order chi connectivity index (χ1) is 32.4. The minimum Gasteiger partial charge on any atom is -0.457 e. The highest BCUT2D eigenvalue weighted by Gasteiger charge is 2.23. The molecule has 1 aliphatic heterocycles. The van der Waals surface area contributed by atoms with E-state index in [0.29, 0.717) is 0 Å². The van der Waals surface area contributed by atoms with Crippen LogP contribution in [0.2, 0.25) is 0 Å². The molecule has 0 N–H and O–H groups in total. The number of hydrogen-bond acceptors (Lipinski definition) is 2. The van der Waals surface area contributed by atoms with E-state index in [1.54, 1.807) is 0 Å². The fourth-order valence-corrected chi connectivity index (χ4v) is 9.64. The Morgan fingerprint density at radius 1 is 0.269 bits per heavy atom. The smallest absolute Gasteiger partial charge is 0.230 e. The maximum absolute atomic E-state index is 6.27. The van der Waals surface area contributed by atoms with E-state index in [1.807, 2.05) is 0 Å². The molecule has 0 aromatic heterocycles. The van der Waals surface area contributed by atoms with Crippen LogP contribution in [0, 0.1) is 0 Å². The van der Waals surface area contributed by atoms with E-state index >= 15 is 0 Å². The maximum Gasteiger partial charge on any atom is 0.230 e. The Kier molecular flexibility index (Phi) is 10.4. The molecule has 1 heterocycles. The fourth-order valence-electron chi connectivity index (χ4n) is 9.64. The predicted octanol–water partition coefficient (Wildman–Crippen LogP) is 18.0. The lowest BCUT2D eigenvalue weighted by Crippen LogP contribution is -2.10. The normalized spacial score (nSPS) is 12.5. The number of ether oxygens (including phenoxy) is 2. The van der Waals surface area contributed by atoms with Crippen LogP contribution >= 0.6 is 0 Å². The summed E-state index contributed by atoms with van der Waals surface area (Å²) in [6, 6.07) is 75.6. The Hall–Kier alpha value is -7.68. The van der Waals surface area contributed by atoms with Crippen molar-refractivity contribution in [2.45, 2.75) is 52.4 Å². The van der Waals surface area contributed by atoms with E-state index in [-0.39, 0.29) is 17.6 Å². The van der Waals surface area contributed by atoms with Gasteiger partial charge in [-0.3, -0.25) is 0 Å². The van der Waals surface area contributed by atoms with Crippen molar-refractivity contribution in [3.05, 3.63) is 217 Å². The highest BCUT2D eigenvalue weighted by Crippen LogP contribution is 2.48. The molecule has 0 saturated heterocycles. The van der Waals surface area contributed by atoms with Gasteiger partial charge in [-0.25, -0.2) is 0 Å². The average molecular weight is 867 g/mol. The second-order valence-corrected chi connectivity index (χ2v) is 20.1. The van der Waals surface area contributed by atoms with Crippen molar-refractivity contribution in [1.29, 1.82) is 0 Å². The molecule has 326 valence electrons. The number of benzene rings is 10. The molecule has 0 unspecified atom stereocenters. The van der Waals surface area contributed by atoms with Crippen molar-refractivity contribution < 1.29 is 9.47 Å². The molecular weight excluding hydrogens is 813 g/mol. The summed E-state index contributed by atoms with van der Waals surface area (Å²) in [7, 11) is 0. The standard InChI is InChI=1S/C65H54O2/c1-64(2,3)56-31-23-48(24-32-56)46-11-7-42(8-12-46)44-15-19-50(20-16-44)52-27-35-58-54(39-52)29-37-60-62(58)63-59-36-28-53(40-55(59)30-38-61(63)67-41-66-60)51-21-17-45(18-22-51)43-9-13-47(14-10-43)49-25-33-57(34-26-49)65(4,5)6/h7-40H,41H2,1-6H3.